The Morgan fingerprint density at radius 3 is 2.44 bits per heavy atom. The molecule has 2 nitrogen and oxygen atoms in total. The maximum atomic E-state index is 13.0. The summed E-state index contributed by atoms with van der Waals surface area (Å²) in [6.45, 7) is 0. The fourth-order valence-electron chi connectivity index (χ4n) is 1.47. The summed E-state index contributed by atoms with van der Waals surface area (Å²) in [5.41, 5.74) is 7.14. The number of nitrogen functional groups attached to an aromatic ring is 1. The van der Waals surface area contributed by atoms with Crippen LogP contribution in [0.15, 0.2) is 47.4 Å². The molecular weight excluding hydrogens is 273 g/mol. The van der Waals surface area contributed by atoms with Gasteiger partial charge in [0, 0.05) is 10.6 Å². The van der Waals surface area contributed by atoms with Gasteiger partial charge >= 0.3 is 0 Å². The third-order valence-electron chi connectivity index (χ3n) is 2.43. The van der Waals surface area contributed by atoms with Gasteiger partial charge in [-0.2, -0.15) is 0 Å². The molecule has 94 valence electrons. The Balaban J connectivity index is 2.16. The van der Waals surface area contributed by atoms with Crippen LogP contribution in [0.5, 0.6) is 0 Å². The molecule has 0 aromatic heterocycles. The number of nitrogens with two attached hydrogens (primary N) is 1. The molecule has 2 N–H and O–H groups in total. The van der Waals surface area contributed by atoms with Crippen LogP contribution < -0.4 is 5.73 Å². The first-order chi connectivity index (χ1) is 8.56. The summed E-state index contributed by atoms with van der Waals surface area (Å²) in [4.78, 5) is 0.512. The molecule has 0 aliphatic carbocycles. The van der Waals surface area contributed by atoms with Crippen molar-refractivity contribution in [2.45, 2.75) is 10.6 Å². The molecule has 0 radical (unpaired) electrons. The standard InChI is InChI=1S/C13H11ClFNOS/c14-12-7-11(5-6-13(12)15)18(17)8-9-1-3-10(16)4-2-9/h1-7H,8,16H2. The van der Waals surface area contributed by atoms with Crippen LogP contribution in [-0.2, 0) is 16.6 Å². The van der Waals surface area contributed by atoms with Crippen LogP contribution in [0.4, 0.5) is 10.1 Å². The van der Waals surface area contributed by atoms with Crippen molar-refractivity contribution < 1.29 is 8.60 Å². The Morgan fingerprint density at radius 1 is 1.17 bits per heavy atom. The van der Waals surface area contributed by atoms with Crippen molar-refractivity contribution in [3.05, 3.63) is 58.9 Å². The maximum absolute atomic E-state index is 13.0. The van der Waals surface area contributed by atoms with E-state index in [4.69, 9.17) is 17.3 Å². The van der Waals surface area contributed by atoms with Crippen molar-refractivity contribution >= 4 is 28.1 Å². The van der Waals surface area contributed by atoms with Gasteiger partial charge in [-0.25, -0.2) is 4.39 Å². The molecule has 0 heterocycles. The number of anilines is 1. The topological polar surface area (TPSA) is 43.1 Å². The Morgan fingerprint density at radius 2 is 1.83 bits per heavy atom. The van der Waals surface area contributed by atoms with Gasteiger partial charge in [0.2, 0.25) is 0 Å². The second-order valence-electron chi connectivity index (χ2n) is 3.81. The molecule has 5 heteroatoms. The van der Waals surface area contributed by atoms with Crippen LogP contribution in [0.3, 0.4) is 0 Å². The zero-order valence-electron chi connectivity index (χ0n) is 9.40. The van der Waals surface area contributed by atoms with Crippen LogP contribution in [-0.4, -0.2) is 4.21 Å². The van der Waals surface area contributed by atoms with Gasteiger partial charge in [-0.05, 0) is 35.9 Å². The van der Waals surface area contributed by atoms with Crippen LogP contribution in [0, 0.1) is 5.82 Å². The smallest absolute Gasteiger partial charge is 0.141 e. The SMILES string of the molecule is Nc1ccc(CS(=O)c2ccc(F)c(Cl)c2)cc1. The predicted molar refractivity (Wildman–Crippen MR) is 72.4 cm³/mol. The van der Waals surface area contributed by atoms with Crippen molar-refractivity contribution in [2.75, 3.05) is 5.73 Å². The number of hydrogen-bond acceptors (Lipinski definition) is 2. The highest BCUT2D eigenvalue weighted by Crippen LogP contribution is 2.20. The van der Waals surface area contributed by atoms with Crippen molar-refractivity contribution in [1.29, 1.82) is 0 Å². The third-order valence-corrected chi connectivity index (χ3v) is 4.10. The molecule has 1 unspecified atom stereocenters. The van der Waals surface area contributed by atoms with Gasteiger partial charge in [-0.15, -0.1) is 0 Å². The minimum Gasteiger partial charge on any atom is -0.399 e. The van der Waals surface area contributed by atoms with E-state index in [1.807, 2.05) is 12.1 Å². The second-order valence-corrected chi connectivity index (χ2v) is 5.67. The van der Waals surface area contributed by atoms with E-state index in [1.165, 1.54) is 18.2 Å². The maximum Gasteiger partial charge on any atom is 0.141 e. The van der Waals surface area contributed by atoms with Gasteiger partial charge in [-0.1, -0.05) is 23.7 Å². The van der Waals surface area contributed by atoms with Crippen LogP contribution in [0.1, 0.15) is 5.56 Å². The van der Waals surface area contributed by atoms with Gasteiger partial charge < -0.3 is 5.73 Å². The zero-order chi connectivity index (χ0) is 13.1. The first-order valence-electron chi connectivity index (χ1n) is 5.24. The summed E-state index contributed by atoms with van der Waals surface area (Å²) in [5, 5.41) is -0.0156. The number of benzene rings is 2. The third kappa shape index (κ3) is 3.09. The van der Waals surface area contributed by atoms with Gasteiger partial charge in [0.05, 0.1) is 21.6 Å². The lowest BCUT2D eigenvalue weighted by atomic mass is 10.2. The van der Waals surface area contributed by atoms with Crippen LogP contribution in [0.25, 0.3) is 0 Å². The molecule has 2 aromatic carbocycles. The van der Waals surface area contributed by atoms with Gasteiger partial charge in [0.25, 0.3) is 0 Å². The molecule has 0 fully saturated rings. The van der Waals surface area contributed by atoms with E-state index in [2.05, 4.69) is 0 Å². The van der Waals surface area contributed by atoms with Gasteiger partial charge in [0.15, 0.2) is 0 Å². The van der Waals surface area contributed by atoms with Crippen LogP contribution in [0.2, 0.25) is 5.02 Å². The predicted octanol–water partition coefficient (Wildman–Crippen LogP) is 3.37. The molecule has 0 amide bonds. The highest BCUT2D eigenvalue weighted by Gasteiger charge is 2.08. The lowest BCUT2D eigenvalue weighted by molar-refractivity contribution is 0.626. The second kappa shape index (κ2) is 5.50. The first kappa shape index (κ1) is 13.1. The zero-order valence-corrected chi connectivity index (χ0v) is 11.0. The molecule has 0 spiro atoms. The molecule has 1 atom stereocenters. The van der Waals surface area contributed by atoms with Crippen molar-refractivity contribution in [3.63, 3.8) is 0 Å². The first-order valence-corrected chi connectivity index (χ1v) is 6.94. The Bertz CT molecular complexity index is 586. The quantitative estimate of drug-likeness (QED) is 0.878. The van der Waals surface area contributed by atoms with Crippen molar-refractivity contribution in [2.24, 2.45) is 0 Å². The average Bonchev–Trinajstić information content (AvgIpc) is 2.35. The number of rotatable bonds is 3. The van der Waals surface area contributed by atoms with Gasteiger partial charge in [-0.3, -0.25) is 4.21 Å². The molecule has 0 aliphatic rings. The minimum atomic E-state index is -1.25. The lowest BCUT2D eigenvalue weighted by Gasteiger charge is -2.04. The fourth-order valence-corrected chi connectivity index (χ4v) is 2.84. The number of halogens is 2. The highest BCUT2D eigenvalue weighted by molar-refractivity contribution is 7.84. The van der Waals surface area contributed by atoms with Crippen LogP contribution >= 0.6 is 11.6 Å². The fraction of sp³-hybridized carbons (Fsp3) is 0.0769. The van der Waals surface area contributed by atoms with E-state index >= 15 is 0 Å². The average molecular weight is 284 g/mol. The minimum absolute atomic E-state index is 0.0156. The summed E-state index contributed by atoms with van der Waals surface area (Å²) >= 11 is 5.66. The van der Waals surface area contributed by atoms with E-state index in [9.17, 15) is 8.60 Å². The Hall–Kier alpha value is -1.39. The van der Waals surface area contributed by atoms with E-state index in [0.29, 0.717) is 16.3 Å². The molecule has 0 aliphatic heterocycles. The molecular formula is C13H11ClFNOS. The highest BCUT2D eigenvalue weighted by atomic mass is 35.5. The summed E-state index contributed by atoms with van der Waals surface area (Å²) in [7, 11) is -1.25. The normalized spacial score (nSPS) is 12.3. The summed E-state index contributed by atoms with van der Waals surface area (Å²) in [6, 6.07) is 11.2. The number of hydrogen-bond donors (Lipinski definition) is 1. The summed E-state index contributed by atoms with van der Waals surface area (Å²) in [6.07, 6.45) is 0. The Kier molecular flexibility index (Phi) is 3.99. The summed E-state index contributed by atoms with van der Waals surface area (Å²) in [5.74, 6) is -0.160. The largest absolute Gasteiger partial charge is 0.399 e. The van der Waals surface area contributed by atoms with Crippen molar-refractivity contribution in [1.82, 2.24) is 0 Å². The van der Waals surface area contributed by atoms with E-state index in [1.54, 1.807) is 12.1 Å². The molecule has 2 aromatic rings. The summed E-state index contributed by atoms with van der Waals surface area (Å²) < 4.78 is 25.0. The van der Waals surface area contributed by atoms with E-state index in [0.717, 1.165) is 5.56 Å². The van der Waals surface area contributed by atoms with E-state index < -0.39 is 16.6 Å². The molecule has 0 saturated heterocycles. The monoisotopic (exact) mass is 283 g/mol. The molecule has 2 rings (SSSR count). The van der Waals surface area contributed by atoms with Crippen molar-refractivity contribution in [3.8, 4) is 0 Å². The molecule has 0 bridgehead atoms. The molecule has 18 heavy (non-hydrogen) atoms. The lowest BCUT2D eigenvalue weighted by Crippen LogP contribution is -1.97. The van der Waals surface area contributed by atoms with E-state index in [-0.39, 0.29) is 5.02 Å². The molecule has 0 saturated carbocycles. The Labute approximate surface area is 112 Å². The van der Waals surface area contributed by atoms with Gasteiger partial charge in [0.1, 0.15) is 5.82 Å².